The van der Waals surface area contributed by atoms with E-state index in [4.69, 9.17) is 0 Å². The average Bonchev–Trinajstić information content (AvgIpc) is 2.73. The molecule has 2 heterocycles. The first kappa shape index (κ1) is 15.8. The van der Waals surface area contributed by atoms with Gasteiger partial charge in [0.25, 0.3) is 0 Å². The summed E-state index contributed by atoms with van der Waals surface area (Å²) in [6, 6.07) is 8.66. The van der Waals surface area contributed by atoms with Crippen LogP contribution in [0.25, 0.3) is 0 Å². The maximum atomic E-state index is 4.21. The molecular weight excluding hydrogens is 256 g/mol. The van der Waals surface area contributed by atoms with E-state index < -0.39 is 0 Å². The van der Waals surface area contributed by atoms with Crippen molar-refractivity contribution in [3.8, 4) is 0 Å². The molecule has 0 atom stereocenters. The van der Waals surface area contributed by atoms with E-state index in [2.05, 4.69) is 62.8 Å². The number of aromatic amines is 1. The number of H-pyrrole nitrogens is 1. The lowest BCUT2D eigenvalue weighted by atomic mass is 9.82. The zero-order valence-corrected chi connectivity index (χ0v) is 14.0. The first-order chi connectivity index (χ1) is 9.73. The summed E-state index contributed by atoms with van der Waals surface area (Å²) >= 11 is 0. The van der Waals surface area contributed by atoms with Crippen LogP contribution >= 0.6 is 0 Å². The van der Waals surface area contributed by atoms with E-state index in [1.165, 1.54) is 17.0 Å². The lowest BCUT2D eigenvalue weighted by Crippen LogP contribution is -2.19. The van der Waals surface area contributed by atoms with Crippen LogP contribution < -0.4 is 0 Å². The van der Waals surface area contributed by atoms with Crippen molar-refractivity contribution in [3.63, 3.8) is 0 Å². The van der Waals surface area contributed by atoms with Gasteiger partial charge in [-0.2, -0.15) is 0 Å². The molecule has 2 heteroatoms. The highest BCUT2D eigenvalue weighted by Gasteiger charge is 2.21. The molecule has 2 rings (SSSR count). The van der Waals surface area contributed by atoms with Gasteiger partial charge < -0.3 is 4.98 Å². The van der Waals surface area contributed by atoms with Crippen LogP contribution in [-0.4, -0.2) is 9.97 Å². The van der Waals surface area contributed by atoms with Crippen molar-refractivity contribution in [2.75, 3.05) is 0 Å². The van der Waals surface area contributed by atoms with Crippen molar-refractivity contribution in [1.82, 2.24) is 9.97 Å². The van der Waals surface area contributed by atoms with Gasteiger partial charge in [-0.25, -0.2) is 0 Å². The molecule has 0 unspecified atom stereocenters. The van der Waals surface area contributed by atoms with Crippen molar-refractivity contribution in [2.24, 2.45) is 10.8 Å². The Labute approximate surface area is 129 Å². The fraction of sp³-hybridized carbons (Fsp3) is 0.526. The third-order valence-electron chi connectivity index (χ3n) is 3.60. The summed E-state index contributed by atoms with van der Waals surface area (Å²) in [6.45, 7) is 11.5. The third kappa shape index (κ3) is 5.37. The monoisotopic (exact) mass is 284 g/mol. The smallest absolute Gasteiger partial charge is 0.0300 e. The largest absolute Gasteiger partial charge is 0.362 e. The number of rotatable bonds is 5. The highest BCUT2D eigenvalue weighted by molar-refractivity contribution is 5.17. The molecule has 21 heavy (non-hydrogen) atoms. The normalized spacial score (nSPS) is 12.6. The van der Waals surface area contributed by atoms with E-state index in [9.17, 15) is 0 Å². The Morgan fingerprint density at radius 2 is 1.57 bits per heavy atom. The van der Waals surface area contributed by atoms with Gasteiger partial charge in [0.2, 0.25) is 0 Å². The maximum Gasteiger partial charge on any atom is 0.0300 e. The van der Waals surface area contributed by atoms with Gasteiger partial charge in [0.15, 0.2) is 0 Å². The Morgan fingerprint density at radius 1 is 0.905 bits per heavy atom. The van der Waals surface area contributed by atoms with Crippen LogP contribution in [0.15, 0.2) is 36.7 Å². The zero-order valence-electron chi connectivity index (χ0n) is 14.0. The second-order valence-corrected chi connectivity index (χ2v) is 8.13. The van der Waals surface area contributed by atoms with Crippen LogP contribution in [0.2, 0.25) is 0 Å². The van der Waals surface area contributed by atoms with Gasteiger partial charge in [-0.3, -0.25) is 4.98 Å². The summed E-state index contributed by atoms with van der Waals surface area (Å²) in [5, 5.41) is 0. The number of nitrogens with one attached hydrogen (secondary N) is 1. The van der Waals surface area contributed by atoms with Crippen LogP contribution in [0.4, 0.5) is 0 Å². The molecule has 1 N–H and O–H groups in total. The van der Waals surface area contributed by atoms with Gasteiger partial charge in [-0.05, 0) is 53.9 Å². The second-order valence-electron chi connectivity index (χ2n) is 8.13. The van der Waals surface area contributed by atoms with Gasteiger partial charge >= 0.3 is 0 Å². The van der Waals surface area contributed by atoms with Crippen LogP contribution in [0.3, 0.4) is 0 Å². The average molecular weight is 284 g/mol. The summed E-state index contributed by atoms with van der Waals surface area (Å²) in [4.78, 5) is 7.81. The Bertz CT molecular complexity index is 559. The van der Waals surface area contributed by atoms with Gasteiger partial charge in [0.1, 0.15) is 0 Å². The first-order valence-corrected chi connectivity index (χ1v) is 7.79. The molecule has 0 amide bonds. The third-order valence-corrected chi connectivity index (χ3v) is 3.60. The molecule has 0 spiro atoms. The molecule has 0 aliphatic carbocycles. The van der Waals surface area contributed by atoms with E-state index in [1.807, 2.05) is 18.5 Å². The Kier molecular flexibility index (Phi) is 4.55. The van der Waals surface area contributed by atoms with Crippen molar-refractivity contribution in [3.05, 3.63) is 53.6 Å². The van der Waals surface area contributed by atoms with Gasteiger partial charge in [-0.15, -0.1) is 0 Å². The second kappa shape index (κ2) is 6.05. The Hall–Kier alpha value is -1.57. The Balaban J connectivity index is 2.00. The molecule has 0 saturated carbocycles. The fourth-order valence-electron chi connectivity index (χ4n) is 2.90. The summed E-state index contributed by atoms with van der Waals surface area (Å²) in [5.41, 5.74) is 4.54. The molecule has 114 valence electrons. The number of nitrogens with zero attached hydrogens (tertiary/aromatic N) is 1. The van der Waals surface area contributed by atoms with E-state index in [0.717, 1.165) is 19.3 Å². The number of hydrogen-bond donors (Lipinski definition) is 1. The predicted octanol–water partition coefficient (Wildman–Crippen LogP) is 4.81. The molecule has 0 aromatic carbocycles. The van der Waals surface area contributed by atoms with Crippen LogP contribution in [0.5, 0.6) is 0 Å². The molecular formula is C19H28N2. The summed E-state index contributed by atoms with van der Waals surface area (Å²) < 4.78 is 0. The van der Waals surface area contributed by atoms with Gasteiger partial charge in [-0.1, -0.05) is 40.7 Å². The summed E-state index contributed by atoms with van der Waals surface area (Å²) in [6.07, 6.45) is 7.01. The van der Waals surface area contributed by atoms with Crippen molar-refractivity contribution < 1.29 is 0 Å². The van der Waals surface area contributed by atoms with E-state index in [-0.39, 0.29) is 5.41 Å². The molecule has 2 aromatic rings. The molecule has 0 bridgehead atoms. The highest BCUT2D eigenvalue weighted by Crippen LogP contribution is 2.27. The lowest BCUT2D eigenvalue weighted by Gasteiger charge is -2.24. The highest BCUT2D eigenvalue weighted by atomic mass is 14.7. The van der Waals surface area contributed by atoms with Crippen molar-refractivity contribution >= 4 is 0 Å². The van der Waals surface area contributed by atoms with Crippen LogP contribution in [0.1, 0.15) is 51.6 Å². The minimum atomic E-state index is 0.229. The maximum absolute atomic E-state index is 4.21. The number of pyridine rings is 1. The lowest BCUT2D eigenvalue weighted by molar-refractivity contribution is 0.356. The van der Waals surface area contributed by atoms with Crippen molar-refractivity contribution in [1.29, 1.82) is 0 Å². The van der Waals surface area contributed by atoms with Crippen molar-refractivity contribution in [2.45, 2.75) is 53.9 Å². The molecule has 0 radical (unpaired) electrons. The van der Waals surface area contributed by atoms with Crippen LogP contribution in [-0.2, 0) is 19.3 Å². The zero-order chi connectivity index (χ0) is 15.5. The minimum Gasteiger partial charge on any atom is -0.362 e. The van der Waals surface area contributed by atoms with E-state index in [0.29, 0.717) is 5.41 Å². The minimum absolute atomic E-state index is 0.229. The van der Waals surface area contributed by atoms with E-state index >= 15 is 0 Å². The topological polar surface area (TPSA) is 28.7 Å². The first-order valence-electron chi connectivity index (χ1n) is 7.79. The SMILES string of the molecule is CC(C)(C)Cc1ccc(CC(C)(C)Cc2cccnc2)[nH]1. The molecule has 0 aliphatic rings. The summed E-state index contributed by atoms with van der Waals surface area (Å²) in [7, 11) is 0. The Morgan fingerprint density at radius 3 is 2.14 bits per heavy atom. The molecule has 0 fully saturated rings. The fourth-order valence-corrected chi connectivity index (χ4v) is 2.90. The molecule has 0 aliphatic heterocycles. The molecule has 2 nitrogen and oxygen atoms in total. The van der Waals surface area contributed by atoms with Gasteiger partial charge in [0.05, 0.1) is 0 Å². The van der Waals surface area contributed by atoms with Crippen LogP contribution in [0, 0.1) is 10.8 Å². The van der Waals surface area contributed by atoms with E-state index in [1.54, 1.807) is 0 Å². The quantitative estimate of drug-likeness (QED) is 0.838. The number of aromatic nitrogens is 2. The standard InChI is InChI=1S/C19H28N2/c1-18(2,3)12-16-8-9-17(21-16)13-19(4,5)11-15-7-6-10-20-14-15/h6-10,14,21H,11-13H2,1-5H3. The predicted molar refractivity (Wildman–Crippen MR) is 89.4 cm³/mol. The summed E-state index contributed by atoms with van der Waals surface area (Å²) in [5.74, 6) is 0. The molecule has 0 saturated heterocycles. The molecule has 2 aromatic heterocycles. The number of hydrogen-bond acceptors (Lipinski definition) is 1. The van der Waals surface area contributed by atoms with Gasteiger partial charge in [0, 0.05) is 23.8 Å².